The number of amides is 1. The molecule has 1 aromatic carbocycles. The molecule has 1 heterocycles. The van der Waals surface area contributed by atoms with Crippen molar-refractivity contribution in [2.45, 2.75) is 0 Å². The summed E-state index contributed by atoms with van der Waals surface area (Å²) in [7, 11) is 0. The predicted octanol–water partition coefficient (Wildman–Crippen LogP) is 0.252. The zero-order valence-corrected chi connectivity index (χ0v) is 9.20. The number of carboxylic acid groups (broad SMARTS) is 1. The van der Waals surface area contributed by atoms with E-state index in [9.17, 15) is 9.59 Å². The molecule has 5 N–H and O–H groups in total. The highest BCUT2D eigenvalue weighted by atomic mass is 16.4. The Morgan fingerprint density at radius 2 is 1.83 bits per heavy atom. The van der Waals surface area contributed by atoms with Gasteiger partial charge in [0.15, 0.2) is 5.69 Å². The van der Waals surface area contributed by atoms with Gasteiger partial charge in [0.25, 0.3) is 0 Å². The Balaban J connectivity index is 2.40. The highest BCUT2D eigenvalue weighted by Gasteiger charge is 2.13. The molecule has 7 nitrogen and oxygen atoms in total. The summed E-state index contributed by atoms with van der Waals surface area (Å²) in [5.41, 5.74) is 11.4. The maximum absolute atomic E-state index is 10.9. The number of anilines is 1. The largest absolute Gasteiger partial charge is 0.476 e. The van der Waals surface area contributed by atoms with Crippen LogP contribution in [0, 0.1) is 0 Å². The van der Waals surface area contributed by atoms with E-state index in [-0.39, 0.29) is 11.4 Å². The van der Waals surface area contributed by atoms with Gasteiger partial charge in [-0.05, 0) is 24.3 Å². The molecule has 0 fully saturated rings. The van der Waals surface area contributed by atoms with Crippen LogP contribution in [0.5, 0.6) is 0 Å². The van der Waals surface area contributed by atoms with Crippen molar-refractivity contribution >= 4 is 17.6 Å². The molecule has 1 aromatic heterocycles. The van der Waals surface area contributed by atoms with Crippen molar-refractivity contribution in [1.29, 1.82) is 0 Å². The number of aromatic nitrogens is 2. The van der Waals surface area contributed by atoms with Gasteiger partial charge in [-0.25, -0.2) is 9.48 Å². The Labute approximate surface area is 102 Å². The Morgan fingerprint density at radius 1 is 1.22 bits per heavy atom. The van der Waals surface area contributed by atoms with Gasteiger partial charge in [0.1, 0.15) is 0 Å². The minimum Gasteiger partial charge on any atom is -0.476 e. The molecule has 7 heteroatoms. The molecule has 0 saturated heterocycles. The van der Waals surface area contributed by atoms with Crippen LogP contribution in [0.25, 0.3) is 5.69 Å². The van der Waals surface area contributed by atoms with Crippen LogP contribution in [0.2, 0.25) is 0 Å². The van der Waals surface area contributed by atoms with Crippen molar-refractivity contribution in [2.75, 3.05) is 5.73 Å². The molecule has 0 spiro atoms. The van der Waals surface area contributed by atoms with Gasteiger partial charge in [0, 0.05) is 5.56 Å². The smallest absolute Gasteiger partial charge is 0.358 e. The Morgan fingerprint density at radius 3 is 2.28 bits per heavy atom. The summed E-state index contributed by atoms with van der Waals surface area (Å²) in [4.78, 5) is 21.7. The summed E-state index contributed by atoms with van der Waals surface area (Å²) in [6.07, 6.45) is 1.39. The van der Waals surface area contributed by atoms with Gasteiger partial charge >= 0.3 is 5.97 Å². The minimum atomic E-state index is -1.19. The summed E-state index contributed by atoms with van der Waals surface area (Å²) < 4.78 is 1.32. The van der Waals surface area contributed by atoms with Gasteiger partial charge in [-0.2, -0.15) is 5.10 Å². The summed E-state index contributed by atoms with van der Waals surface area (Å²) in [6, 6.07) is 6.24. The molecule has 0 saturated carbocycles. The zero-order chi connectivity index (χ0) is 13.3. The molecule has 0 radical (unpaired) electrons. The molecule has 0 aliphatic rings. The normalized spacial score (nSPS) is 10.2. The molecule has 92 valence electrons. The van der Waals surface area contributed by atoms with Gasteiger partial charge in [-0.1, -0.05) is 0 Å². The summed E-state index contributed by atoms with van der Waals surface area (Å²) >= 11 is 0. The maximum Gasteiger partial charge on any atom is 0.358 e. The maximum atomic E-state index is 10.9. The van der Waals surface area contributed by atoms with Gasteiger partial charge < -0.3 is 16.6 Å². The summed E-state index contributed by atoms with van der Waals surface area (Å²) in [5, 5.41) is 12.7. The standard InChI is InChI=1S/C11H10N4O3/c12-8-5-15(14-9(8)11(17)18)7-3-1-6(2-4-7)10(13)16/h1-5H,12H2,(H2,13,16)(H,17,18). The van der Waals surface area contributed by atoms with Crippen molar-refractivity contribution in [1.82, 2.24) is 9.78 Å². The lowest BCUT2D eigenvalue weighted by Crippen LogP contribution is -2.10. The lowest BCUT2D eigenvalue weighted by atomic mass is 10.2. The van der Waals surface area contributed by atoms with E-state index in [2.05, 4.69) is 5.10 Å². The van der Waals surface area contributed by atoms with E-state index < -0.39 is 11.9 Å². The average molecular weight is 246 g/mol. The van der Waals surface area contributed by atoms with Crippen LogP contribution in [-0.2, 0) is 0 Å². The first kappa shape index (κ1) is 11.6. The molecular formula is C11H10N4O3. The average Bonchev–Trinajstić information content (AvgIpc) is 2.71. The summed E-state index contributed by atoms with van der Waals surface area (Å²) in [5.74, 6) is -1.73. The van der Waals surface area contributed by atoms with E-state index in [1.54, 1.807) is 12.1 Å². The number of primary amides is 1. The number of rotatable bonds is 3. The van der Waals surface area contributed by atoms with E-state index in [0.717, 1.165) is 0 Å². The number of hydrogen-bond acceptors (Lipinski definition) is 4. The number of nitrogen functional groups attached to an aromatic ring is 1. The number of nitrogens with two attached hydrogens (primary N) is 2. The monoisotopic (exact) mass is 246 g/mol. The van der Waals surface area contributed by atoms with Crippen LogP contribution in [0.3, 0.4) is 0 Å². The Bertz CT molecular complexity index is 616. The lowest BCUT2D eigenvalue weighted by Gasteiger charge is -2.01. The van der Waals surface area contributed by atoms with Crippen molar-refractivity contribution in [3.05, 3.63) is 41.7 Å². The SMILES string of the molecule is NC(=O)c1ccc(-n2cc(N)c(C(=O)O)n2)cc1. The lowest BCUT2D eigenvalue weighted by molar-refractivity contribution is 0.0691. The van der Waals surface area contributed by atoms with Gasteiger partial charge in [0.05, 0.1) is 17.6 Å². The second kappa shape index (κ2) is 4.21. The number of hydrogen-bond donors (Lipinski definition) is 3. The quantitative estimate of drug-likeness (QED) is 0.716. The molecule has 0 aliphatic carbocycles. The molecule has 2 rings (SSSR count). The molecule has 0 unspecified atom stereocenters. The number of carbonyl (C=O) groups is 2. The minimum absolute atomic E-state index is 0.0708. The van der Waals surface area contributed by atoms with Crippen molar-refractivity contribution in [3.8, 4) is 5.69 Å². The second-order valence-corrected chi connectivity index (χ2v) is 3.59. The number of benzene rings is 1. The number of nitrogens with zero attached hydrogens (tertiary/aromatic N) is 2. The number of aromatic carboxylic acids is 1. The van der Waals surface area contributed by atoms with E-state index in [4.69, 9.17) is 16.6 Å². The van der Waals surface area contributed by atoms with Crippen LogP contribution in [0.1, 0.15) is 20.8 Å². The fraction of sp³-hybridized carbons (Fsp3) is 0. The highest BCUT2D eigenvalue weighted by Crippen LogP contribution is 2.14. The third-order valence-corrected chi connectivity index (χ3v) is 2.36. The molecular weight excluding hydrogens is 236 g/mol. The van der Waals surface area contributed by atoms with Crippen molar-refractivity contribution < 1.29 is 14.7 Å². The zero-order valence-electron chi connectivity index (χ0n) is 9.20. The van der Waals surface area contributed by atoms with E-state index >= 15 is 0 Å². The van der Waals surface area contributed by atoms with Crippen LogP contribution in [0.15, 0.2) is 30.5 Å². The first-order chi connectivity index (χ1) is 8.49. The molecule has 1 amide bonds. The summed E-state index contributed by atoms with van der Waals surface area (Å²) in [6.45, 7) is 0. The van der Waals surface area contributed by atoms with Crippen molar-refractivity contribution in [2.24, 2.45) is 5.73 Å². The molecule has 0 aliphatic heterocycles. The van der Waals surface area contributed by atoms with Gasteiger partial charge in [0.2, 0.25) is 5.91 Å². The van der Waals surface area contributed by atoms with Crippen LogP contribution < -0.4 is 11.5 Å². The molecule has 0 bridgehead atoms. The topological polar surface area (TPSA) is 124 Å². The predicted molar refractivity (Wildman–Crippen MR) is 63.5 cm³/mol. The molecule has 18 heavy (non-hydrogen) atoms. The number of carboxylic acids is 1. The highest BCUT2D eigenvalue weighted by molar-refractivity contribution is 5.93. The third-order valence-electron chi connectivity index (χ3n) is 2.36. The van der Waals surface area contributed by atoms with Gasteiger partial charge in [-0.15, -0.1) is 0 Å². The van der Waals surface area contributed by atoms with Crippen LogP contribution in [-0.4, -0.2) is 26.8 Å². The molecule has 2 aromatic rings. The second-order valence-electron chi connectivity index (χ2n) is 3.59. The van der Waals surface area contributed by atoms with E-state index in [0.29, 0.717) is 11.3 Å². The molecule has 0 atom stereocenters. The Hall–Kier alpha value is -2.83. The first-order valence-electron chi connectivity index (χ1n) is 4.97. The van der Waals surface area contributed by atoms with E-state index in [1.165, 1.54) is 23.0 Å². The van der Waals surface area contributed by atoms with Gasteiger partial charge in [-0.3, -0.25) is 4.79 Å². The Kier molecular flexibility index (Phi) is 2.72. The third kappa shape index (κ3) is 2.01. The van der Waals surface area contributed by atoms with Crippen molar-refractivity contribution in [3.63, 3.8) is 0 Å². The van der Waals surface area contributed by atoms with E-state index in [1.807, 2.05) is 0 Å². The fourth-order valence-electron chi connectivity index (χ4n) is 1.46. The first-order valence-corrected chi connectivity index (χ1v) is 4.97. The van der Waals surface area contributed by atoms with Crippen LogP contribution >= 0.6 is 0 Å². The number of carbonyl (C=O) groups excluding carboxylic acids is 1. The fourth-order valence-corrected chi connectivity index (χ4v) is 1.46. The van der Waals surface area contributed by atoms with Crippen LogP contribution in [0.4, 0.5) is 5.69 Å².